The van der Waals surface area contributed by atoms with E-state index in [1.165, 1.54) is 0 Å². The van der Waals surface area contributed by atoms with E-state index in [2.05, 4.69) is 33.0 Å². The molecular weight excluding hydrogens is 190 g/mol. The Morgan fingerprint density at radius 2 is 1.87 bits per heavy atom. The zero-order valence-electron chi connectivity index (χ0n) is 10.9. The van der Waals surface area contributed by atoms with Crippen molar-refractivity contribution in [2.24, 2.45) is 11.3 Å². The Balaban J connectivity index is 3.48. The predicted molar refractivity (Wildman–Crippen MR) is 64.2 cm³/mol. The second kappa shape index (κ2) is 8.08. The van der Waals surface area contributed by atoms with Gasteiger partial charge in [0.05, 0.1) is 19.8 Å². The average molecular weight is 217 g/mol. The van der Waals surface area contributed by atoms with E-state index in [1.807, 2.05) is 0 Å². The second-order valence-electron chi connectivity index (χ2n) is 5.23. The van der Waals surface area contributed by atoms with Crippen LogP contribution in [0.2, 0.25) is 0 Å². The van der Waals surface area contributed by atoms with E-state index in [-0.39, 0.29) is 5.41 Å². The van der Waals surface area contributed by atoms with Gasteiger partial charge in [-0.25, -0.2) is 0 Å². The average Bonchev–Trinajstić information content (AvgIpc) is 2.11. The monoisotopic (exact) mass is 217 g/mol. The largest absolute Gasteiger partial charge is 0.382 e. The quantitative estimate of drug-likeness (QED) is 0.599. The van der Waals surface area contributed by atoms with Gasteiger partial charge in [-0.15, -0.1) is 0 Å². The first-order valence-corrected chi connectivity index (χ1v) is 5.75. The summed E-state index contributed by atoms with van der Waals surface area (Å²) in [6.45, 7) is 13.1. The Morgan fingerprint density at radius 1 is 1.20 bits per heavy atom. The van der Waals surface area contributed by atoms with Gasteiger partial charge < -0.3 is 14.8 Å². The van der Waals surface area contributed by atoms with Crippen LogP contribution in [0.4, 0.5) is 0 Å². The van der Waals surface area contributed by atoms with E-state index >= 15 is 0 Å². The minimum absolute atomic E-state index is 0.197. The standard InChI is InChI=1S/C12H27NO2/c1-11(2)8-13-9-12(3,4)10-15-7-6-14-5/h11,13H,6-10H2,1-5H3. The van der Waals surface area contributed by atoms with Crippen molar-refractivity contribution >= 4 is 0 Å². The molecule has 0 aromatic carbocycles. The summed E-state index contributed by atoms with van der Waals surface area (Å²) in [4.78, 5) is 0. The molecule has 0 aliphatic heterocycles. The van der Waals surface area contributed by atoms with Crippen LogP contribution in [0, 0.1) is 11.3 Å². The number of hydrogen-bond acceptors (Lipinski definition) is 3. The molecule has 0 fully saturated rings. The van der Waals surface area contributed by atoms with Crippen LogP contribution >= 0.6 is 0 Å². The van der Waals surface area contributed by atoms with Gasteiger partial charge in [0.1, 0.15) is 0 Å². The third kappa shape index (κ3) is 10.2. The van der Waals surface area contributed by atoms with E-state index in [4.69, 9.17) is 9.47 Å². The molecule has 0 amide bonds. The molecule has 3 nitrogen and oxygen atoms in total. The number of methoxy groups -OCH3 is 1. The maximum atomic E-state index is 5.53. The zero-order chi connectivity index (χ0) is 11.7. The molecule has 0 unspecified atom stereocenters. The predicted octanol–water partition coefficient (Wildman–Crippen LogP) is 1.92. The molecule has 0 heterocycles. The molecule has 3 heteroatoms. The van der Waals surface area contributed by atoms with Crippen molar-refractivity contribution in [2.45, 2.75) is 27.7 Å². The van der Waals surface area contributed by atoms with Crippen LogP contribution in [0.15, 0.2) is 0 Å². The third-order valence-electron chi connectivity index (χ3n) is 2.08. The molecule has 1 N–H and O–H groups in total. The lowest BCUT2D eigenvalue weighted by atomic mass is 9.94. The summed E-state index contributed by atoms with van der Waals surface area (Å²) in [7, 11) is 1.69. The van der Waals surface area contributed by atoms with Gasteiger partial charge in [0, 0.05) is 19.1 Å². The number of ether oxygens (including phenoxy) is 2. The Kier molecular flexibility index (Phi) is 8.02. The van der Waals surface area contributed by atoms with Gasteiger partial charge in [0.25, 0.3) is 0 Å². The zero-order valence-corrected chi connectivity index (χ0v) is 10.9. The lowest BCUT2D eigenvalue weighted by molar-refractivity contribution is 0.0278. The van der Waals surface area contributed by atoms with Crippen LogP contribution in [-0.4, -0.2) is 40.0 Å². The molecule has 0 radical (unpaired) electrons. The molecule has 0 aromatic rings. The highest BCUT2D eigenvalue weighted by Crippen LogP contribution is 2.13. The first-order valence-electron chi connectivity index (χ1n) is 5.75. The van der Waals surface area contributed by atoms with Crippen LogP contribution in [0.3, 0.4) is 0 Å². The van der Waals surface area contributed by atoms with E-state index in [0.29, 0.717) is 19.1 Å². The van der Waals surface area contributed by atoms with Gasteiger partial charge in [-0.3, -0.25) is 0 Å². The molecular formula is C12H27NO2. The Bertz CT molecular complexity index is 147. The maximum absolute atomic E-state index is 5.53. The highest BCUT2D eigenvalue weighted by atomic mass is 16.5. The van der Waals surface area contributed by atoms with Crippen molar-refractivity contribution in [3.05, 3.63) is 0 Å². The molecule has 0 aliphatic rings. The minimum Gasteiger partial charge on any atom is -0.382 e. The van der Waals surface area contributed by atoms with Crippen LogP contribution < -0.4 is 5.32 Å². The van der Waals surface area contributed by atoms with E-state index in [1.54, 1.807) is 7.11 Å². The summed E-state index contributed by atoms with van der Waals surface area (Å²) in [5.74, 6) is 0.704. The Hall–Kier alpha value is -0.120. The lowest BCUT2D eigenvalue weighted by Gasteiger charge is -2.25. The first kappa shape index (κ1) is 14.9. The molecule has 0 saturated heterocycles. The Morgan fingerprint density at radius 3 is 2.40 bits per heavy atom. The third-order valence-corrected chi connectivity index (χ3v) is 2.08. The normalized spacial score (nSPS) is 12.4. The fourth-order valence-electron chi connectivity index (χ4n) is 1.24. The van der Waals surface area contributed by atoms with Gasteiger partial charge in [0.15, 0.2) is 0 Å². The van der Waals surface area contributed by atoms with Crippen molar-refractivity contribution in [1.82, 2.24) is 5.32 Å². The Labute approximate surface area is 94.5 Å². The van der Waals surface area contributed by atoms with Crippen LogP contribution in [0.25, 0.3) is 0 Å². The molecule has 0 aromatic heterocycles. The maximum Gasteiger partial charge on any atom is 0.0700 e. The van der Waals surface area contributed by atoms with Gasteiger partial charge in [0.2, 0.25) is 0 Å². The summed E-state index contributed by atoms with van der Waals surface area (Å²) in [6, 6.07) is 0. The lowest BCUT2D eigenvalue weighted by Crippen LogP contribution is -2.35. The summed E-state index contributed by atoms with van der Waals surface area (Å²) >= 11 is 0. The minimum atomic E-state index is 0.197. The number of rotatable bonds is 9. The highest BCUT2D eigenvalue weighted by Gasteiger charge is 2.17. The molecule has 0 bridgehead atoms. The fraction of sp³-hybridized carbons (Fsp3) is 1.00. The topological polar surface area (TPSA) is 30.5 Å². The highest BCUT2D eigenvalue weighted by molar-refractivity contribution is 4.71. The van der Waals surface area contributed by atoms with Crippen LogP contribution in [0.1, 0.15) is 27.7 Å². The van der Waals surface area contributed by atoms with Crippen LogP contribution in [0.5, 0.6) is 0 Å². The summed E-state index contributed by atoms with van der Waals surface area (Å²) in [6.07, 6.45) is 0. The van der Waals surface area contributed by atoms with Crippen molar-refractivity contribution in [1.29, 1.82) is 0 Å². The summed E-state index contributed by atoms with van der Waals surface area (Å²) in [5.41, 5.74) is 0.197. The van der Waals surface area contributed by atoms with Crippen LogP contribution in [-0.2, 0) is 9.47 Å². The van der Waals surface area contributed by atoms with Gasteiger partial charge in [-0.1, -0.05) is 27.7 Å². The van der Waals surface area contributed by atoms with E-state index in [9.17, 15) is 0 Å². The van der Waals surface area contributed by atoms with Gasteiger partial charge in [-0.05, 0) is 12.5 Å². The molecule has 0 rings (SSSR count). The molecule has 0 aliphatic carbocycles. The fourth-order valence-corrected chi connectivity index (χ4v) is 1.24. The number of nitrogens with one attached hydrogen (secondary N) is 1. The molecule has 0 saturated carbocycles. The van der Waals surface area contributed by atoms with Gasteiger partial charge in [-0.2, -0.15) is 0 Å². The van der Waals surface area contributed by atoms with Crippen molar-refractivity contribution in [3.63, 3.8) is 0 Å². The smallest absolute Gasteiger partial charge is 0.0700 e. The summed E-state index contributed by atoms with van der Waals surface area (Å²) < 4.78 is 10.5. The first-order chi connectivity index (χ1) is 6.98. The van der Waals surface area contributed by atoms with E-state index < -0.39 is 0 Å². The molecule has 92 valence electrons. The van der Waals surface area contributed by atoms with E-state index in [0.717, 1.165) is 19.7 Å². The number of hydrogen-bond donors (Lipinski definition) is 1. The molecule has 0 spiro atoms. The second-order valence-corrected chi connectivity index (χ2v) is 5.23. The van der Waals surface area contributed by atoms with Crippen molar-refractivity contribution < 1.29 is 9.47 Å². The van der Waals surface area contributed by atoms with Crippen molar-refractivity contribution in [2.75, 3.05) is 40.0 Å². The SMILES string of the molecule is COCCOCC(C)(C)CNCC(C)C. The van der Waals surface area contributed by atoms with Crippen molar-refractivity contribution in [3.8, 4) is 0 Å². The molecule has 0 atom stereocenters. The van der Waals surface area contributed by atoms with Gasteiger partial charge >= 0.3 is 0 Å². The molecule has 15 heavy (non-hydrogen) atoms. The summed E-state index contributed by atoms with van der Waals surface area (Å²) in [5, 5.41) is 3.45.